The van der Waals surface area contributed by atoms with Crippen LogP contribution in [0.25, 0.3) is 0 Å². The summed E-state index contributed by atoms with van der Waals surface area (Å²) in [5.41, 5.74) is 6.55. The van der Waals surface area contributed by atoms with E-state index in [0.717, 1.165) is 30.6 Å². The Morgan fingerprint density at radius 2 is 2.21 bits per heavy atom. The van der Waals surface area contributed by atoms with Gasteiger partial charge in [-0.15, -0.1) is 0 Å². The molecule has 2 N–H and O–H groups in total. The predicted molar refractivity (Wildman–Crippen MR) is 72.1 cm³/mol. The Hall–Kier alpha value is -1.88. The summed E-state index contributed by atoms with van der Waals surface area (Å²) in [6.45, 7) is 0.699. The quantitative estimate of drug-likeness (QED) is 0.771. The highest BCUT2D eigenvalue weighted by molar-refractivity contribution is 5.29. The van der Waals surface area contributed by atoms with Crippen molar-refractivity contribution in [1.29, 1.82) is 0 Å². The summed E-state index contributed by atoms with van der Waals surface area (Å²) in [6.07, 6.45) is 3.41. The van der Waals surface area contributed by atoms with Crippen molar-refractivity contribution in [3.05, 3.63) is 41.5 Å². The first kappa shape index (κ1) is 13.5. The van der Waals surface area contributed by atoms with Gasteiger partial charge in [0.05, 0.1) is 7.11 Å². The first-order chi connectivity index (χ1) is 9.31. The van der Waals surface area contributed by atoms with E-state index in [1.54, 1.807) is 7.11 Å². The molecule has 1 heterocycles. The first-order valence-electron chi connectivity index (χ1n) is 6.46. The maximum Gasteiger partial charge on any atom is 0.226 e. The average molecular weight is 261 g/mol. The lowest BCUT2D eigenvalue weighted by molar-refractivity contribution is 0.370. The Morgan fingerprint density at radius 1 is 1.32 bits per heavy atom. The minimum atomic E-state index is 0.650. The maximum atomic E-state index is 5.45. The number of nitrogens with zero attached hydrogens (tertiary/aromatic N) is 2. The number of hydrogen-bond acceptors (Lipinski definition) is 5. The molecule has 0 amide bonds. The molecule has 0 bridgehead atoms. The van der Waals surface area contributed by atoms with Crippen LogP contribution in [0.3, 0.4) is 0 Å². The second-order valence-corrected chi connectivity index (χ2v) is 4.38. The number of ether oxygens (including phenoxy) is 1. The van der Waals surface area contributed by atoms with Crippen LogP contribution < -0.4 is 10.5 Å². The zero-order chi connectivity index (χ0) is 13.5. The van der Waals surface area contributed by atoms with Gasteiger partial charge in [0.25, 0.3) is 0 Å². The molecule has 5 heteroatoms. The third kappa shape index (κ3) is 4.06. The Balaban J connectivity index is 1.95. The smallest absolute Gasteiger partial charge is 0.226 e. The van der Waals surface area contributed by atoms with E-state index in [-0.39, 0.29) is 0 Å². The predicted octanol–water partition coefficient (Wildman–Crippen LogP) is 1.95. The minimum Gasteiger partial charge on any atom is -0.497 e. The number of nitrogens with two attached hydrogens (primary N) is 1. The largest absolute Gasteiger partial charge is 0.497 e. The van der Waals surface area contributed by atoms with Gasteiger partial charge in [-0.1, -0.05) is 17.3 Å². The molecule has 19 heavy (non-hydrogen) atoms. The first-order valence-corrected chi connectivity index (χ1v) is 6.46. The number of hydrogen-bond donors (Lipinski definition) is 1. The van der Waals surface area contributed by atoms with Crippen molar-refractivity contribution in [2.75, 3.05) is 13.7 Å². The zero-order valence-electron chi connectivity index (χ0n) is 11.1. The van der Waals surface area contributed by atoms with Crippen molar-refractivity contribution in [2.45, 2.75) is 25.7 Å². The van der Waals surface area contributed by atoms with Gasteiger partial charge in [-0.05, 0) is 37.1 Å². The van der Waals surface area contributed by atoms with Crippen LogP contribution in [0.1, 0.15) is 30.1 Å². The van der Waals surface area contributed by atoms with E-state index in [4.69, 9.17) is 15.0 Å². The zero-order valence-corrected chi connectivity index (χ0v) is 11.1. The summed E-state index contributed by atoms with van der Waals surface area (Å²) in [4.78, 5) is 4.37. The number of benzene rings is 1. The molecule has 0 spiro atoms. The number of rotatable bonds is 7. The standard InChI is InChI=1S/C14H19N3O2/c1-18-12-6-4-5-11(9-12)10-13-16-14(19-17-13)7-2-3-8-15/h4-6,9H,2-3,7-8,10,15H2,1H3. The number of aromatic nitrogens is 2. The molecule has 1 aromatic heterocycles. The molecule has 0 saturated carbocycles. The van der Waals surface area contributed by atoms with Crippen LogP contribution in [0.2, 0.25) is 0 Å². The second-order valence-electron chi connectivity index (χ2n) is 4.38. The van der Waals surface area contributed by atoms with Crippen LogP contribution in [-0.4, -0.2) is 23.8 Å². The van der Waals surface area contributed by atoms with Gasteiger partial charge in [-0.2, -0.15) is 4.98 Å². The van der Waals surface area contributed by atoms with E-state index in [2.05, 4.69) is 10.1 Å². The number of unbranched alkanes of at least 4 members (excludes halogenated alkanes) is 1. The molecular formula is C14H19N3O2. The summed E-state index contributed by atoms with van der Waals surface area (Å²) < 4.78 is 10.4. The highest BCUT2D eigenvalue weighted by Crippen LogP contribution is 2.15. The number of aryl methyl sites for hydroxylation is 1. The van der Waals surface area contributed by atoms with Crippen molar-refractivity contribution in [2.24, 2.45) is 5.73 Å². The van der Waals surface area contributed by atoms with Crippen LogP contribution in [0.4, 0.5) is 0 Å². The van der Waals surface area contributed by atoms with Gasteiger partial charge >= 0.3 is 0 Å². The number of methoxy groups -OCH3 is 1. The third-order valence-corrected chi connectivity index (χ3v) is 2.85. The molecule has 0 radical (unpaired) electrons. The van der Waals surface area contributed by atoms with E-state index < -0.39 is 0 Å². The van der Waals surface area contributed by atoms with E-state index in [1.165, 1.54) is 0 Å². The summed E-state index contributed by atoms with van der Waals surface area (Å²) in [7, 11) is 1.66. The summed E-state index contributed by atoms with van der Waals surface area (Å²) >= 11 is 0. The fraction of sp³-hybridized carbons (Fsp3) is 0.429. The van der Waals surface area contributed by atoms with Crippen molar-refractivity contribution in [3.8, 4) is 5.75 Å². The van der Waals surface area contributed by atoms with Gasteiger partial charge < -0.3 is 15.0 Å². The normalized spacial score (nSPS) is 10.6. The molecule has 0 aliphatic rings. The van der Waals surface area contributed by atoms with Gasteiger partial charge in [0.1, 0.15) is 5.75 Å². The molecule has 0 aliphatic heterocycles. The highest BCUT2D eigenvalue weighted by atomic mass is 16.5. The Bertz CT molecular complexity index is 511. The minimum absolute atomic E-state index is 0.650. The summed E-state index contributed by atoms with van der Waals surface area (Å²) in [6, 6.07) is 7.87. The Morgan fingerprint density at radius 3 is 3.00 bits per heavy atom. The van der Waals surface area contributed by atoms with Crippen LogP contribution in [0.15, 0.2) is 28.8 Å². The monoisotopic (exact) mass is 261 g/mol. The van der Waals surface area contributed by atoms with Crippen LogP contribution in [-0.2, 0) is 12.8 Å². The fourth-order valence-corrected chi connectivity index (χ4v) is 1.85. The van der Waals surface area contributed by atoms with Gasteiger partial charge in [-0.25, -0.2) is 0 Å². The van der Waals surface area contributed by atoms with E-state index in [9.17, 15) is 0 Å². The molecule has 2 aromatic rings. The van der Waals surface area contributed by atoms with Gasteiger partial charge in [0.2, 0.25) is 5.89 Å². The second kappa shape index (κ2) is 6.89. The van der Waals surface area contributed by atoms with Crippen LogP contribution >= 0.6 is 0 Å². The van der Waals surface area contributed by atoms with E-state index in [0.29, 0.717) is 24.7 Å². The molecule has 0 fully saturated rings. The Kier molecular flexibility index (Phi) is 4.92. The molecule has 0 atom stereocenters. The third-order valence-electron chi connectivity index (χ3n) is 2.85. The lowest BCUT2D eigenvalue weighted by Crippen LogP contribution is -1.99. The van der Waals surface area contributed by atoms with Crippen LogP contribution in [0, 0.1) is 0 Å². The molecule has 0 aliphatic carbocycles. The van der Waals surface area contributed by atoms with Gasteiger partial charge in [0, 0.05) is 12.8 Å². The lowest BCUT2D eigenvalue weighted by Gasteiger charge is -2.01. The molecule has 2 rings (SSSR count). The average Bonchev–Trinajstić information content (AvgIpc) is 2.87. The molecule has 0 unspecified atom stereocenters. The molecule has 0 saturated heterocycles. The van der Waals surface area contributed by atoms with Crippen molar-refractivity contribution in [1.82, 2.24) is 10.1 Å². The molecule has 102 valence electrons. The van der Waals surface area contributed by atoms with Crippen LogP contribution in [0.5, 0.6) is 5.75 Å². The topological polar surface area (TPSA) is 74.2 Å². The van der Waals surface area contributed by atoms with E-state index in [1.807, 2.05) is 24.3 Å². The molecular weight excluding hydrogens is 242 g/mol. The van der Waals surface area contributed by atoms with Gasteiger partial charge in [0.15, 0.2) is 5.82 Å². The van der Waals surface area contributed by atoms with Crippen molar-refractivity contribution < 1.29 is 9.26 Å². The molecule has 5 nitrogen and oxygen atoms in total. The fourth-order valence-electron chi connectivity index (χ4n) is 1.85. The summed E-state index contributed by atoms with van der Waals surface area (Å²) in [5.74, 6) is 2.23. The van der Waals surface area contributed by atoms with Crippen molar-refractivity contribution in [3.63, 3.8) is 0 Å². The Labute approximate surface area is 112 Å². The highest BCUT2D eigenvalue weighted by Gasteiger charge is 2.07. The van der Waals surface area contributed by atoms with E-state index >= 15 is 0 Å². The maximum absolute atomic E-state index is 5.45. The van der Waals surface area contributed by atoms with Gasteiger partial charge in [-0.3, -0.25) is 0 Å². The summed E-state index contributed by atoms with van der Waals surface area (Å²) in [5, 5.41) is 3.99. The van der Waals surface area contributed by atoms with Crippen molar-refractivity contribution >= 4 is 0 Å². The SMILES string of the molecule is COc1cccc(Cc2noc(CCCCN)n2)c1. The molecule has 1 aromatic carbocycles. The lowest BCUT2D eigenvalue weighted by atomic mass is 10.1.